The summed E-state index contributed by atoms with van der Waals surface area (Å²) in [5.74, 6) is -0.637. The summed E-state index contributed by atoms with van der Waals surface area (Å²) < 4.78 is 14.7. The normalized spacial score (nSPS) is 15.9. The number of hydrogen-bond donors (Lipinski definition) is 4. The zero-order valence-electron chi connectivity index (χ0n) is 17.0. The van der Waals surface area contributed by atoms with Crippen molar-refractivity contribution in [2.75, 3.05) is 23.7 Å². The highest BCUT2D eigenvalue weighted by molar-refractivity contribution is 6.04. The van der Waals surface area contributed by atoms with Gasteiger partial charge in [-0.25, -0.2) is 9.37 Å². The van der Waals surface area contributed by atoms with Crippen LogP contribution in [-0.4, -0.2) is 39.4 Å². The van der Waals surface area contributed by atoms with E-state index < -0.39 is 5.82 Å². The van der Waals surface area contributed by atoms with E-state index in [2.05, 4.69) is 26.2 Å². The molecule has 1 aliphatic rings. The van der Waals surface area contributed by atoms with Crippen molar-refractivity contribution in [3.05, 3.63) is 53.8 Å². The van der Waals surface area contributed by atoms with Gasteiger partial charge in [-0.2, -0.15) is 10.4 Å². The van der Waals surface area contributed by atoms with Gasteiger partial charge in [-0.15, -0.1) is 0 Å². The molecule has 9 heteroatoms. The summed E-state index contributed by atoms with van der Waals surface area (Å²) in [6, 6.07) is 13.8. The molecule has 1 fully saturated rings. The third-order valence-electron chi connectivity index (χ3n) is 5.80. The van der Waals surface area contributed by atoms with E-state index >= 15 is 0 Å². The number of phenolic OH excluding ortho intramolecular Hbond substituents is 1. The Morgan fingerprint density at radius 2 is 2.00 bits per heavy atom. The van der Waals surface area contributed by atoms with Crippen LogP contribution in [0.5, 0.6) is 5.75 Å². The van der Waals surface area contributed by atoms with E-state index in [9.17, 15) is 14.8 Å². The summed E-state index contributed by atoms with van der Waals surface area (Å²) >= 11 is 0. The number of phenols is 1. The van der Waals surface area contributed by atoms with E-state index in [4.69, 9.17) is 11.5 Å². The van der Waals surface area contributed by atoms with Gasteiger partial charge in [-0.3, -0.25) is 5.10 Å². The van der Waals surface area contributed by atoms with Crippen molar-refractivity contribution in [1.82, 2.24) is 15.2 Å². The lowest BCUT2D eigenvalue weighted by Crippen LogP contribution is -2.26. The minimum atomic E-state index is -0.691. The number of rotatable bonds is 3. The Bertz CT molecular complexity index is 1370. The second-order valence-corrected chi connectivity index (χ2v) is 7.86. The van der Waals surface area contributed by atoms with Gasteiger partial charge in [-0.05, 0) is 36.2 Å². The first kappa shape index (κ1) is 19.8. The predicted octanol–water partition coefficient (Wildman–Crippen LogP) is 3.13. The molecule has 0 saturated carbocycles. The summed E-state index contributed by atoms with van der Waals surface area (Å²) in [6.45, 7) is 1.68. The number of hydrogen-bond acceptors (Lipinski definition) is 7. The smallest absolute Gasteiger partial charge is 0.184 e. The van der Waals surface area contributed by atoms with Gasteiger partial charge in [0.15, 0.2) is 5.65 Å². The van der Waals surface area contributed by atoms with Crippen LogP contribution >= 0.6 is 0 Å². The predicted molar refractivity (Wildman–Crippen MR) is 120 cm³/mol. The fourth-order valence-electron chi connectivity index (χ4n) is 4.23. The number of aromatic nitrogens is 3. The van der Waals surface area contributed by atoms with Crippen LogP contribution in [0.2, 0.25) is 0 Å². The molecule has 2 aromatic carbocycles. The van der Waals surface area contributed by atoms with E-state index in [-0.39, 0.29) is 40.1 Å². The summed E-state index contributed by atoms with van der Waals surface area (Å²) in [6.07, 6.45) is 0.943. The second kappa shape index (κ2) is 7.51. The topological polar surface area (TPSA) is 141 Å². The number of pyridine rings is 1. The molecule has 0 amide bonds. The zero-order valence-corrected chi connectivity index (χ0v) is 17.0. The van der Waals surface area contributed by atoms with Crippen molar-refractivity contribution in [2.45, 2.75) is 12.5 Å². The largest absolute Gasteiger partial charge is 0.508 e. The standard InChI is InChI=1S/C23H20FN7O/c24-18-9-15(32)5-6-16(18)21-17(10-25)19(20-22(27)29-30-23(20)28-21)12-1-3-14(4-2-12)31-8-7-13(26)11-31/h1-6,9,13,32H,7-8,11,26H2,(H3,27,28,29,30)/t13-/m0/s1. The van der Waals surface area contributed by atoms with E-state index in [1.54, 1.807) is 0 Å². The molecule has 0 bridgehead atoms. The number of fused-ring (bicyclic) bond motifs is 1. The van der Waals surface area contributed by atoms with Gasteiger partial charge in [-0.1, -0.05) is 12.1 Å². The lowest BCUT2D eigenvalue weighted by atomic mass is 9.93. The molecule has 4 aromatic rings. The lowest BCUT2D eigenvalue weighted by molar-refractivity contribution is 0.469. The van der Waals surface area contributed by atoms with E-state index in [0.29, 0.717) is 10.9 Å². The molecule has 0 unspecified atom stereocenters. The Kier molecular flexibility index (Phi) is 4.64. The highest BCUT2D eigenvalue weighted by Crippen LogP contribution is 2.39. The summed E-state index contributed by atoms with van der Waals surface area (Å²) in [7, 11) is 0. The molecule has 32 heavy (non-hydrogen) atoms. The maximum atomic E-state index is 14.7. The zero-order chi connectivity index (χ0) is 22.4. The van der Waals surface area contributed by atoms with Gasteiger partial charge >= 0.3 is 0 Å². The molecular weight excluding hydrogens is 409 g/mol. The molecule has 5 rings (SSSR count). The van der Waals surface area contributed by atoms with Gasteiger partial charge in [0, 0.05) is 42.0 Å². The van der Waals surface area contributed by atoms with E-state index in [1.807, 2.05) is 24.3 Å². The quantitative estimate of drug-likeness (QED) is 0.392. The average molecular weight is 429 g/mol. The first-order valence-corrected chi connectivity index (χ1v) is 10.1. The minimum Gasteiger partial charge on any atom is -0.508 e. The molecule has 3 heterocycles. The lowest BCUT2D eigenvalue weighted by Gasteiger charge is -2.19. The third kappa shape index (κ3) is 3.18. The molecule has 0 spiro atoms. The highest BCUT2D eigenvalue weighted by Gasteiger charge is 2.24. The fraction of sp³-hybridized carbons (Fsp3) is 0.174. The van der Waals surface area contributed by atoms with Gasteiger partial charge in [0.25, 0.3) is 0 Å². The number of nitrogen functional groups attached to an aromatic ring is 1. The molecule has 1 saturated heterocycles. The molecule has 1 aliphatic heterocycles. The third-order valence-corrected chi connectivity index (χ3v) is 5.80. The highest BCUT2D eigenvalue weighted by atomic mass is 19.1. The van der Waals surface area contributed by atoms with Gasteiger partial charge < -0.3 is 21.5 Å². The SMILES string of the molecule is N#Cc1c(-c2ccc(O)cc2F)nc2n[nH]c(N)c2c1-c1ccc(N2CC[C@H](N)C2)cc1. The van der Waals surface area contributed by atoms with Crippen molar-refractivity contribution in [1.29, 1.82) is 5.26 Å². The van der Waals surface area contributed by atoms with Crippen molar-refractivity contribution in [3.8, 4) is 34.2 Å². The number of aromatic hydroxyl groups is 1. The number of benzene rings is 2. The van der Waals surface area contributed by atoms with Crippen LogP contribution in [0.25, 0.3) is 33.4 Å². The maximum absolute atomic E-state index is 14.7. The first-order chi connectivity index (χ1) is 15.5. The molecule has 2 aromatic heterocycles. The first-order valence-electron chi connectivity index (χ1n) is 10.1. The summed E-state index contributed by atoms with van der Waals surface area (Å²) in [5, 5.41) is 27.0. The number of nitrogens with one attached hydrogen (secondary N) is 1. The molecule has 8 nitrogen and oxygen atoms in total. The number of anilines is 2. The van der Waals surface area contributed by atoms with E-state index in [1.165, 1.54) is 12.1 Å². The van der Waals surface area contributed by atoms with Crippen LogP contribution in [0.4, 0.5) is 15.9 Å². The van der Waals surface area contributed by atoms with Crippen LogP contribution in [-0.2, 0) is 0 Å². The van der Waals surface area contributed by atoms with Crippen LogP contribution in [0.15, 0.2) is 42.5 Å². The maximum Gasteiger partial charge on any atom is 0.184 e. The Morgan fingerprint density at radius 1 is 1.22 bits per heavy atom. The summed E-state index contributed by atoms with van der Waals surface area (Å²) in [4.78, 5) is 6.63. The Balaban J connectivity index is 1.71. The summed E-state index contributed by atoms with van der Waals surface area (Å²) in [5.41, 5.74) is 15.1. The molecule has 0 aliphatic carbocycles. The number of H-pyrrole nitrogens is 1. The number of nitrogens with two attached hydrogens (primary N) is 2. The van der Waals surface area contributed by atoms with Crippen molar-refractivity contribution in [3.63, 3.8) is 0 Å². The Hall–Kier alpha value is -4.16. The number of aromatic amines is 1. The number of nitrogens with zero attached hydrogens (tertiary/aromatic N) is 4. The van der Waals surface area contributed by atoms with Crippen molar-refractivity contribution in [2.24, 2.45) is 5.73 Å². The molecular formula is C23H20FN7O. The molecule has 1 atom stereocenters. The minimum absolute atomic E-state index is 0.0896. The van der Waals surface area contributed by atoms with Gasteiger partial charge in [0.2, 0.25) is 0 Å². The van der Waals surface area contributed by atoms with Crippen molar-refractivity contribution < 1.29 is 9.50 Å². The Morgan fingerprint density at radius 3 is 2.66 bits per heavy atom. The number of halogens is 1. The molecule has 160 valence electrons. The van der Waals surface area contributed by atoms with Gasteiger partial charge in [0.1, 0.15) is 23.5 Å². The molecule has 6 N–H and O–H groups in total. The van der Waals surface area contributed by atoms with Gasteiger partial charge in [0.05, 0.1) is 16.6 Å². The van der Waals surface area contributed by atoms with Crippen molar-refractivity contribution >= 4 is 22.5 Å². The van der Waals surface area contributed by atoms with Crippen LogP contribution in [0.3, 0.4) is 0 Å². The van der Waals surface area contributed by atoms with Crippen LogP contribution < -0.4 is 16.4 Å². The number of nitriles is 1. The second-order valence-electron chi connectivity index (χ2n) is 7.86. The fourth-order valence-corrected chi connectivity index (χ4v) is 4.23. The van der Waals surface area contributed by atoms with Crippen LogP contribution in [0, 0.1) is 17.1 Å². The molecule has 0 radical (unpaired) electrons. The monoisotopic (exact) mass is 429 g/mol. The van der Waals surface area contributed by atoms with E-state index in [0.717, 1.165) is 36.8 Å². The van der Waals surface area contributed by atoms with Crippen LogP contribution in [0.1, 0.15) is 12.0 Å². The average Bonchev–Trinajstić information content (AvgIpc) is 3.38. The Labute approximate surface area is 182 Å².